The van der Waals surface area contributed by atoms with Gasteiger partial charge in [-0.15, -0.1) is 0 Å². The molecule has 148 valence electrons. The molecule has 0 heterocycles. The van der Waals surface area contributed by atoms with E-state index in [0.717, 1.165) is 16.9 Å². The maximum Gasteiger partial charge on any atom is 0.234 e. The molecule has 2 rings (SSSR count). The molecule has 0 aliphatic heterocycles. The van der Waals surface area contributed by atoms with Crippen molar-refractivity contribution in [2.45, 2.75) is 33.7 Å². The van der Waals surface area contributed by atoms with Crippen LogP contribution in [0.25, 0.3) is 0 Å². The number of carbonyl (C=O) groups is 1. The number of amides is 1. The van der Waals surface area contributed by atoms with Crippen molar-refractivity contribution in [3.05, 3.63) is 53.1 Å². The van der Waals surface area contributed by atoms with E-state index in [4.69, 9.17) is 19.5 Å². The minimum atomic E-state index is -0.302. The Bertz CT molecular complexity index is 843. The lowest BCUT2D eigenvalue weighted by Crippen LogP contribution is -2.21. The van der Waals surface area contributed by atoms with Gasteiger partial charge in [0.1, 0.15) is 25.4 Å². The number of aryl methyl sites for hydroxylation is 2. The third kappa shape index (κ3) is 6.51. The molecule has 0 aliphatic rings. The predicted molar refractivity (Wildman–Crippen MR) is 107 cm³/mol. The van der Waals surface area contributed by atoms with E-state index in [1.54, 1.807) is 0 Å². The first kappa shape index (κ1) is 21.1. The minimum Gasteiger partial charge on any atom is -0.490 e. The highest BCUT2D eigenvalue weighted by Crippen LogP contribution is 2.28. The molecule has 0 fully saturated rings. The molecule has 0 aromatic heterocycles. The Kier molecular flexibility index (Phi) is 8.16. The Morgan fingerprint density at radius 1 is 1.00 bits per heavy atom. The van der Waals surface area contributed by atoms with Gasteiger partial charge in [0, 0.05) is 6.54 Å². The standard InChI is InChI=1S/C22H26N2O4/c1-4-26-21-14-18(15-24-22(25)9-10-23)6-8-20(21)28-12-11-27-19-7-5-16(2)13-17(19)3/h5-8,13-14H,4,9,11-12,15H2,1-3H3,(H,24,25). The van der Waals surface area contributed by atoms with Crippen molar-refractivity contribution in [3.8, 4) is 23.3 Å². The zero-order valence-electron chi connectivity index (χ0n) is 16.6. The predicted octanol–water partition coefficient (Wildman–Crippen LogP) is 3.69. The number of nitrogens with one attached hydrogen (secondary N) is 1. The third-order valence-electron chi connectivity index (χ3n) is 3.97. The van der Waals surface area contributed by atoms with Crippen LogP contribution >= 0.6 is 0 Å². The molecule has 6 nitrogen and oxygen atoms in total. The second-order valence-corrected chi connectivity index (χ2v) is 6.29. The van der Waals surface area contributed by atoms with Gasteiger partial charge in [0.2, 0.25) is 5.91 Å². The molecule has 28 heavy (non-hydrogen) atoms. The number of benzene rings is 2. The molecule has 1 amide bonds. The molecule has 0 radical (unpaired) electrons. The van der Waals surface area contributed by atoms with Crippen LogP contribution in [0.5, 0.6) is 17.2 Å². The molecule has 6 heteroatoms. The van der Waals surface area contributed by atoms with Crippen molar-refractivity contribution < 1.29 is 19.0 Å². The highest BCUT2D eigenvalue weighted by Gasteiger charge is 2.08. The molecule has 0 bridgehead atoms. The van der Waals surface area contributed by atoms with Gasteiger partial charge in [0.25, 0.3) is 0 Å². The van der Waals surface area contributed by atoms with Gasteiger partial charge in [-0.25, -0.2) is 0 Å². The lowest BCUT2D eigenvalue weighted by molar-refractivity contribution is -0.120. The van der Waals surface area contributed by atoms with Crippen LogP contribution in [-0.2, 0) is 11.3 Å². The van der Waals surface area contributed by atoms with E-state index in [0.29, 0.717) is 37.9 Å². The van der Waals surface area contributed by atoms with Gasteiger partial charge in [-0.3, -0.25) is 4.79 Å². The smallest absolute Gasteiger partial charge is 0.234 e. The molecule has 0 saturated carbocycles. The summed E-state index contributed by atoms with van der Waals surface area (Å²) >= 11 is 0. The number of ether oxygens (including phenoxy) is 3. The van der Waals surface area contributed by atoms with Crippen LogP contribution in [0.15, 0.2) is 36.4 Å². The lowest BCUT2D eigenvalue weighted by Gasteiger charge is -2.15. The van der Waals surface area contributed by atoms with Crippen molar-refractivity contribution in [3.63, 3.8) is 0 Å². The average Bonchev–Trinajstić information content (AvgIpc) is 2.66. The Hall–Kier alpha value is -3.20. The van der Waals surface area contributed by atoms with Crippen LogP contribution in [0, 0.1) is 25.2 Å². The van der Waals surface area contributed by atoms with Crippen LogP contribution in [0.4, 0.5) is 0 Å². The largest absolute Gasteiger partial charge is 0.490 e. The van der Waals surface area contributed by atoms with Gasteiger partial charge in [-0.1, -0.05) is 23.8 Å². The molecule has 2 aromatic rings. The van der Waals surface area contributed by atoms with Crippen LogP contribution in [0.1, 0.15) is 30.0 Å². The molecule has 0 spiro atoms. The Labute approximate surface area is 166 Å². The van der Waals surface area contributed by atoms with Gasteiger partial charge >= 0.3 is 0 Å². The summed E-state index contributed by atoms with van der Waals surface area (Å²) in [5.41, 5.74) is 3.16. The molecule has 1 N–H and O–H groups in total. The monoisotopic (exact) mass is 382 g/mol. The van der Waals surface area contributed by atoms with Crippen LogP contribution in [-0.4, -0.2) is 25.7 Å². The van der Waals surface area contributed by atoms with Gasteiger partial charge in [-0.2, -0.15) is 5.26 Å². The summed E-state index contributed by atoms with van der Waals surface area (Å²) in [5.74, 6) is 1.78. The summed E-state index contributed by atoms with van der Waals surface area (Å²) in [7, 11) is 0. The molecular formula is C22H26N2O4. The summed E-state index contributed by atoms with van der Waals surface area (Å²) in [6.07, 6.45) is -0.153. The molecule has 0 unspecified atom stereocenters. The van der Waals surface area contributed by atoms with Crippen molar-refractivity contribution in [1.82, 2.24) is 5.32 Å². The quantitative estimate of drug-likeness (QED) is 0.634. The molecule has 0 aliphatic carbocycles. The SMILES string of the molecule is CCOc1cc(CNC(=O)CC#N)ccc1OCCOc1ccc(C)cc1C. The Morgan fingerprint density at radius 2 is 1.71 bits per heavy atom. The first-order valence-electron chi connectivity index (χ1n) is 9.25. The maximum atomic E-state index is 11.4. The molecule has 0 saturated heterocycles. The maximum absolute atomic E-state index is 11.4. The van der Waals surface area contributed by atoms with E-state index in [9.17, 15) is 4.79 Å². The van der Waals surface area contributed by atoms with Crippen LogP contribution in [0.3, 0.4) is 0 Å². The average molecular weight is 382 g/mol. The Balaban J connectivity index is 1.91. The summed E-state index contributed by atoms with van der Waals surface area (Å²) in [5, 5.41) is 11.2. The number of nitrogens with zero attached hydrogens (tertiary/aromatic N) is 1. The molecule has 2 aromatic carbocycles. The fourth-order valence-corrected chi connectivity index (χ4v) is 2.65. The Morgan fingerprint density at radius 3 is 2.39 bits per heavy atom. The zero-order chi connectivity index (χ0) is 20.4. The van der Waals surface area contributed by atoms with E-state index in [1.807, 2.05) is 57.2 Å². The van der Waals surface area contributed by atoms with Crippen LogP contribution in [0.2, 0.25) is 0 Å². The number of rotatable bonds is 10. The van der Waals surface area contributed by atoms with Crippen molar-refractivity contribution in [1.29, 1.82) is 5.26 Å². The van der Waals surface area contributed by atoms with Gasteiger partial charge in [0.15, 0.2) is 11.5 Å². The van der Waals surface area contributed by atoms with Crippen molar-refractivity contribution >= 4 is 5.91 Å². The second kappa shape index (κ2) is 10.8. The topological polar surface area (TPSA) is 80.6 Å². The summed E-state index contributed by atoms with van der Waals surface area (Å²) < 4.78 is 17.2. The van der Waals surface area contributed by atoms with E-state index >= 15 is 0 Å². The minimum absolute atomic E-state index is 0.153. The van der Waals surface area contributed by atoms with Gasteiger partial charge in [-0.05, 0) is 50.1 Å². The number of nitriles is 1. The molecule has 0 atom stereocenters. The van der Waals surface area contributed by atoms with E-state index in [-0.39, 0.29) is 12.3 Å². The number of carbonyl (C=O) groups excluding carboxylic acids is 1. The van der Waals surface area contributed by atoms with Crippen LogP contribution < -0.4 is 19.5 Å². The summed E-state index contributed by atoms with van der Waals surface area (Å²) in [6, 6.07) is 13.4. The summed E-state index contributed by atoms with van der Waals surface area (Å²) in [4.78, 5) is 11.4. The first-order valence-corrected chi connectivity index (χ1v) is 9.25. The van der Waals surface area contributed by atoms with Gasteiger partial charge < -0.3 is 19.5 Å². The number of hydrogen-bond acceptors (Lipinski definition) is 5. The lowest BCUT2D eigenvalue weighted by atomic mass is 10.1. The van der Waals surface area contributed by atoms with Crippen molar-refractivity contribution in [2.24, 2.45) is 0 Å². The van der Waals surface area contributed by atoms with Gasteiger partial charge in [0.05, 0.1) is 12.7 Å². The fourth-order valence-electron chi connectivity index (χ4n) is 2.65. The highest BCUT2D eigenvalue weighted by atomic mass is 16.5. The fraction of sp³-hybridized carbons (Fsp3) is 0.364. The van der Waals surface area contributed by atoms with E-state index < -0.39 is 0 Å². The number of hydrogen-bond donors (Lipinski definition) is 1. The van der Waals surface area contributed by atoms with E-state index in [1.165, 1.54) is 5.56 Å². The van der Waals surface area contributed by atoms with Crippen molar-refractivity contribution in [2.75, 3.05) is 19.8 Å². The first-order chi connectivity index (χ1) is 13.5. The zero-order valence-corrected chi connectivity index (χ0v) is 16.6. The second-order valence-electron chi connectivity index (χ2n) is 6.29. The normalized spacial score (nSPS) is 10.1. The van der Waals surface area contributed by atoms with E-state index in [2.05, 4.69) is 11.4 Å². The molecular weight excluding hydrogens is 356 g/mol. The third-order valence-corrected chi connectivity index (χ3v) is 3.97. The summed E-state index contributed by atoms with van der Waals surface area (Å²) in [6.45, 7) is 7.59. The highest BCUT2D eigenvalue weighted by molar-refractivity contribution is 5.77.